The van der Waals surface area contributed by atoms with Crippen LogP contribution in [0.2, 0.25) is 0 Å². The van der Waals surface area contributed by atoms with Crippen LogP contribution in [0.15, 0.2) is 42.5 Å². The molecule has 1 atom stereocenters. The van der Waals surface area contributed by atoms with Gasteiger partial charge in [0.2, 0.25) is 0 Å². The Morgan fingerprint density at radius 1 is 1.12 bits per heavy atom. The number of hydrogen-bond donors (Lipinski definition) is 0. The van der Waals surface area contributed by atoms with Gasteiger partial charge < -0.3 is 9.64 Å². The zero-order chi connectivity index (χ0) is 18.3. The van der Waals surface area contributed by atoms with Crippen LogP contribution >= 0.6 is 0 Å². The van der Waals surface area contributed by atoms with Crippen molar-refractivity contribution in [2.75, 3.05) is 18.1 Å². The second kappa shape index (κ2) is 6.40. The van der Waals surface area contributed by atoms with Gasteiger partial charge >= 0.3 is 6.09 Å². The molecular formula is C19H16F2N2O3. The van der Waals surface area contributed by atoms with Crippen LogP contribution in [0.5, 0.6) is 0 Å². The van der Waals surface area contributed by atoms with Gasteiger partial charge in [-0.1, -0.05) is 12.1 Å². The molecule has 4 rings (SSSR count). The van der Waals surface area contributed by atoms with Crippen molar-refractivity contribution in [1.29, 1.82) is 0 Å². The first-order valence-corrected chi connectivity index (χ1v) is 8.32. The lowest BCUT2D eigenvalue weighted by Gasteiger charge is -2.32. The minimum atomic E-state index is -0.508. The van der Waals surface area contributed by atoms with Gasteiger partial charge in [0, 0.05) is 18.7 Å². The quantitative estimate of drug-likeness (QED) is 0.786. The lowest BCUT2D eigenvalue weighted by Crippen LogP contribution is -2.42. The topological polar surface area (TPSA) is 49.9 Å². The largest absolute Gasteiger partial charge is 0.447 e. The second-order valence-corrected chi connectivity index (χ2v) is 6.40. The van der Waals surface area contributed by atoms with Crippen LogP contribution < -0.4 is 4.90 Å². The number of hydrogen-bond acceptors (Lipinski definition) is 3. The third-order valence-corrected chi connectivity index (χ3v) is 4.72. The standard InChI is InChI=1S/C19H16F2N2O3/c20-14-3-1-2-12(8-14)18(24)22-7-6-16-11-26-19(25)23(16)17-9-15(21)5-4-13(17)10-22/h1-5,8-9,16H,6-7,10-11H2/t16-/m0/s1. The zero-order valence-electron chi connectivity index (χ0n) is 13.8. The molecule has 0 spiro atoms. The van der Waals surface area contributed by atoms with E-state index in [0.29, 0.717) is 24.2 Å². The van der Waals surface area contributed by atoms with Crippen LogP contribution in [0.25, 0.3) is 0 Å². The summed E-state index contributed by atoms with van der Waals surface area (Å²) in [5.74, 6) is -1.25. The average Bonchev–Trinajstić information content (AvgIpc) is 2.97. The molecule has 2 amide bonds. The summed E-state index contributed by atoms with van der Waals surface area (Å²) in [6.07, 6.45) is -0.0188. The summed E-state index contributed by atoms with van der Waals surface area (Å²) < 4.78 is 32.4. The van der Waals surface area contributed by atoms with Crippen LogP contribution in [-0.2, 0) is 11.3 Å². The van der Waals surface area contributed by atoms with E-state index in [9.17, 15) is 18.4 Å². The molecule has 2 heterocycles. The minimum Gasteiger partial charge on any atom is -0.447 e. The Labute approximate surface area is 148 Å². The van der Waals surface area contributed by atoms with Crippen molar-refractivity contribution in [2.24, 2.45) is 0 Å². The Hall–Kier alpha value is -2.96. The fourth-order valence-corrected chi connectivity index (χ4v) is 3.43. The Morgan fingerprint density at radius 3 is 2.73 bits per heavy atom. The monoisotopic (exact) mass is 358 g/mol. The summed E-state index contributed by atoms with van der Waals surface area (Å²) in [5.41, 5.74) is 1.30. The zero-order valence-corrected chi connectivity index (χ0v) is 13.8. The highest BCUT2D eigenvalue weighted by molar-refractivity contribution is 5.95. The number of nitrogens with zero attached hydrogens (tertiary/aromatic N) is 2. The Morgan fingerprint density at radius 2 is 1.92 bits per heavy atom. The summed E-state index contributed by atoms with van der Waals surface area (Å²) >= 11 is 0. The van der Waals surface area contributed by atoms with E-state index in [1.165, 1.54) is 35.2 Å². The number of ether oxygens (including phenoxy) is 1. The van der Waals surface area contributed by atoms with E-state index >= 15 is 0 Å². The SMILES string of the molecule is O=C(c1cccc(F)c1)N1CC[C@H]2COC(=O)N2c2cc(F)ccc2C1. The highest BCUT2D eigenvalue weighted by atomic mass is 19.1. The smallest absolute Gasteiger partial charge is 0.414 e. The van der Waals surface area contributed by atoms with Gasteiger partial charge in [0.25, 0.3) is 5.91 Å². The maximum Gasteiger partial charge on any atom is 0.414 e. The van der Waals surface area contributed by atoms with Gasteiger partial charge in [-0.05, 0) is 42.3 Å². The third kappa shape index (κ3) is 2.89. The molecule has 134 valence electrons. The molecule has 1 fully saturated rings. The number of rotatable bonds is 1. The number of cyclic esters (lactones) is 1. The number of anilines is 1. The van der Waals surface area contributed by atoms with E-state index in [1.54, 1.807) is 17.0 Å². The van der Waals surface area contributed by atoms with Crippen molar-refractivity contribution in [3.63, 3.8) is 0 Å². The number of halogens is 2. The van der Waals surface area contributed by atoms with Crippen LogP contribution in [-0.4, -0.2) is 36.1 Å². The summed E-state index contributed by atoms with van der Waals surface area (Å²) in [5, 5.41) is 0. The molecule has 26 heavy (non-hydrogen) atoms. The third-order valence-electron chi connectivity index (χ3n) is 4.72. The van der Waals surface area contributed by atoms with Crippen LogP contribution in [0.4, 0.5) is 19.3 Å². The van der Waals surface area contributed by atoms with Crippen molar-refractivity contribution in [1.82, 2.24) is 4.90 Å². The van der Waals surface area contributed by atoms with E-state index in [0.717, 1.165) is 0 Å². The summed E-state index contributed by atoms with van der Waals surface area (Å²) in [6.45, 7) is 0.766. The van der Waals surface area contributed by atoms with Crippen LogP contribution in [0.3, 0.4) is 0 Å². The summed E-state index contributed by atoms with van der Waals surface area (Å²) in [6, 6.07) is 9.39. The first-order chi connectivity index (χ1) is 12.5. The molecule has 0 N–H and O–H groups in total. The number of fused-ring (bicyclic) bond motifs is 3. The van der Waals surface area contributed by atoms with Crippen molar-refractivity contribution >= 4 is 17.7 Å². The molecule has 2 aliphatic rings. The van der Waals surface area contributed by atoms with Gasteiger partial charge in [0.1, 0.15) is 18.2 Å². The lowest BCUT2D eigenvalue weighted by molar-refractivity contribution is 0.0734. The van der Waals surface area contributed by atoms with Gasteiger partial charge in [0.15, 0.2) is 0 Å². The maximum atomic E-state index is 13.8. The average molecular weight is 358 g/mol. The lowest BCUT2D eigenvalue weighted by atomic mass is 10.0. The van der Waals surface area contributed by atoms with Crippen molar-refractivity contribution < 1.29 is 23.1 Å². The molecule has 2 aliphatic heterocycles. The van der Waals surface area contributed by atoms with Gasteiger partial charge in [-0.15, -0.1) is 0 Å². The predicted molar refractivity (Wildman–Crippen MR) is 89.8 cm³/mol. The Bertz CT molecular complexity index is 887. The molecule has 5 nitrogen and oxygen atoms in total. The number of amides is 2. The van der Waals surface area contributed by atoms with Crippen molar-refractivity contribution in [3.8, 4) is 0 Å². The number of carbonyl (C=O) groups is 2. The van der Waals surface area contributed by atoms with E-state index < -0.39 is 17.7 Å². The summed E-state index contributed by atoms with van der Waals surface area (Å²) in [4.78, 5) is 28.0. The number of benzene rings is 2. The number of carbonyl (C=O) groups excluding carboxylic acids is 2. The second-order valence-electron chi connectivity index (χ2n) is 6.40. The minimum absolute atomic E-state index is 0.191. The summed E-state index contributed by atoms with van der Waals surface area (Å²) in [7, 11) is 0. The first kappa shape index (κ1) is 16.5. The van der Waals surface area contributed by atoms with Crippen LogP contribution in [0, 0.1) is 11.6 Å². The van der Waals surface area contributed by atoms with Crippen molar-refractivity contribution in [2.45, 2.75) is 19.0 Å². The Kier molecular flexibility index (Phi) is 4.06. The van der Waals surface area contributed by atoms with Crippen LogP contribution in [0.1, 0.15) is 22.3 Å². The van der Waals surface area contributed by atoms with E-state index in [4.69, 9.17) is 4.74 Å². The van der Waals surface area contributed by atoms with E-state index in [-0.39, 0.29) is 30.7 Å². The van der Waals surface area contributed by atoms with Gasteiger partial charge in [-0.25, -0.2) is 13.6 Å². The van der Waals surface area contributed by atoms with Gasteiger partial charge in [0.05, 0.1) is 11.7 Å². The fourth-order valence-electron chi connectivity index (χ4n) is 3.43. The first-order valence-electron chi connectivity index (χ1n) is 8.32. The molecule has 0 radical (unpaired) electrons. The predicted octanol–water partition coefficient (Wildman–Crippen LogP) is 3.34. The molecule has 0 bridgehead atoms. The Balaban J connectivity index is 1.71. The maximum absolute atomic E-state index is 13.8. The molecule has 1 saturated heterocycles. The van der Waals surface area contributed by atoms with Gasteiger partial charge in [-0.2, -0.15) is 0 Å². The van der Waals surface area contributed by atoms with Gasteiger partial charge in [-0.3, -0.25) is 9.69 Å². The molecule has 0 aliphatic carbocycles. The normalized spacial score (nSPS) is 19.3. The molecule has 7 heteroatoms. The van der Waals surface area contributed by atoms with E-state index in [2.05, 4.69) is 0 Å². The molecular weight excluding hydrogens is 342 g/mol. The fraction of sp³-hybridized carbons (Fsp3) is 0.263. The molecule has 2 aromatic carbocycles. The molecule has 0 aromatic heterocycles. The highest BCUT2D eigenvalue weighted by Gasteiger charge is 2.38. The van der Waals surface area contributed by atoms with Crippen molar-refractivity contribution in [3.05, 3.63) is 65.2 Å². The molecule has 0 saturated carbocycles. The van der Waals surface area contributed by atoms with E-state index in [1.807, 2.05) is 0 Å². The highest BCUT2D eigenvalue weighted by Crippen LogP contribution is 2.32. The molecule has 2 aromatic rings. The molecule has 0 unspecified atom stereocenters.